The molecule has 0 bridgehead atoms. The molecule has 1 saturated carbocycles. The lowest BCUT2D eigenvalue weighted by Crippen LogP contribution is -2.30. The number of carbonyl (C=O) groups excluding carboxylic acids is 1. The Kier molecular flexibility index (Phi) is 3.43. The van der Waals surface area contributed by atoms with E-state index in [0.29, 0.717) is 13.0 Å². The molecule has 0 aliphatic heterocycles. The van der Waals surface area contributed by atoms with Gasteiger partial charge in [-0.1, -0.05) is 0 Å². The molecule has 0 radical (unpaired) electrons. The lowest BCUT2D eigenvalue weighted by molar-refractivity contribution is 0.0938. The summed E-state index contributed by atoms with van der Waals surface area (Å²) in [6, 6.07) is 3.87. The van der Waals surface area contributed by atoms with Gasteiger partial charge in [-0.3, -0.25) is 4.79 Å². The van der Waals surface area contributed by atoms with Gasteiger partial charge >= 0.3 is 0 Å². The Morgan fingerprint density at radius 2 is 2.06 bits per heavy atom. The Balaban J connectivity index is 1.96. The minimum Gasteiger partial charge on any atom is -0.508 e. The Bertz CT molecular complexity index is 454. The standard InChI is InChI=1S/C13H17NO4/c15-6-5-13(3-4-13)8-14-12(18)10-2-1-9(16)7-11(10)17/h1-2,7,15-17H,3-6,8H2,(H,14,18). The van der Waals surface area contributed by atoms with Crippen molar-refractivity contribution in [3.8, 4) is 11.5 Å². The van der Waals surface area contributed by atoms with Gasteiger partial charge in [-0.2, -0.15) is 0 Å². The van der Waals surface area contributed by atoms with Crippen LogP contribution in [0.3, 0.4) is 0 Å². The number of amides is 1. The predicted octanol–water partition coefficient (Wildman–Crippen LogP) is 0.990. The molecular formula is C13H17NO4. The number of aromatic hydroxyl groups is 2. The summed E-state index contributed by atoms with van der Waals surface area (Å²) < 4.78 is 0. The number of benzene rings is 1. The molecule has 2 rings (SSSR count). The molecule has 1 fully saturated rings. The molecule has 1 amide bonds. The van der Waals surface area contributed by atoms with Gasteiger partial charge in [-0.05, 0) is 36.8 Å². The lowest BCUT2D eigenvalue weighted by atomic mass is 10.0. The van der Waals surface area contributed by atoms with Gasteiger partial charge in [0.15, 0.2) is 0 Å². The molecule has 18 heavy (non-hydrogen) atoms. The molecule has 4 N–H and O–H groups in total. The van der Waals surface area contributed by atoms with Gasteiger partial charge in [0.1, 0.15) is 11.5 Å². The van der Waals surface area contributed by atoms with E-state index in [1.165, 1.54) is 12.1 Å². The van der Waals surface area contributed by atoms with Crippen LogP contribution in [0.1, 0.15) is 29.6 Å². The van der Waals surface area contributed by atoms with Gasteiger partial charge in [0.25, 0.3) is 5.91 Å². The van der Waals surface area contributed by atoms with Crippen molar-refractivity contribution >= 4 is 5.91 Å². The summed E-state index contributed by atoms with van der Waals surface area (Å²) in [4.78, 5) is 11.8. The smallest absolute Gasteiger partial charge is 0.255 e. The first-order chi connectivity index (χ1) is 8.56. The van der Waals surface area contributed by atoms with Gasteiger partial charge in [0.05, 0.1) is 5.56 Å². The van der Waals surface area contributed by atoms with Crippen LogP contribution in [0.4, 0.5) is 0 Å². The molecule has 98 valence electrons. The highest BCUT2D eigenvalue weighted by atomic mass is 16.3. The quantitative estimate of drug-likeness (QED) is 0.628. The van der Waals surface area contributed by atoms with E-state index in [4.69, 9.17) is 10.2 Å². The number of hydrogen-bond donors (Lipinski definition) is 4. The minimum atomic E-state index is -0.364. The van der Waals surface area contributed by atoms with Crippen LogP contribution in [0.5, 0.6) is 11.5 Å². The molecular weight excluding hydrogens is 234 g/mol. The number of hydrogen-bond acceptors (Lipinski definition) is 4. The Morgan fingerprint density at radius 1 is 1.33 bits per heavy atom. The highest BCUT2D eigenvalue weighted by Crippen LogP contribution is 2.47. The first-order valence-electron chi connectivity index (χ1n) is 5.97. The van der Waals surface area contributed by atoms with Crippen molar-refractivity contribution < 1.29 is 20.1 Å². The number of nitrogens with one attached hydrogen (secondary N) is 1. The highest BCUT2D eigenvalue weighted by molar-refractivity contribution is 5.97. The van der Waals surface area contributed by atoms with Crippen LogP contribution in [-0.4, -0.2) is 34.4 Å². The van der Waals surface area contributed by atoms with Crippen LogP contribution in [0.2, 0.25) is 0 Å². The number of phenolic OH excluding ortho intramolecular Hbond substituents is 2. The van der Waals surface area contributed by atoms with E-state index in [1.807, 2.05) is 0 Å². The first-order valence-corrected chi connectivity index (χ1v) is 5.97. The summed E-state index contributed by atoms with van der Waals surface area (Å²) in [6.07, 6.45) is 2.71. The predicted molar refractivity (Wildman–Crippen MR) is 65.5 cm³/mol. The fourth-order valence-corrected chi connectivity index (χ4v) is 2.00. The summed E-state index contributed by atoms with van der Waals surface area (Å²) >= 11 is 0. The third kappa shape index (κ3) is 2.73. The lowest BCUT2D eigenvalue weighted by Gasteiger charge is -2.14. The molecule has 1 aliphatic rings. The Morgan fingerprint density at radius 3 is 2.61 bits per heavy atom. The molecule has 1 aliphatic carbocycles. The summed E-state index contributed by atoms with van der Waals surface area (Å²) in [5.74, 6) is -0.681. The number of phenols is 2. The topological polar surface area (TPSA) is 89.8 Å². The number of rotatable bonds is 5. The first kappa shape index (κ1) is 12.7. The largest absolute Gasteiger partial charge is 0.508 e. The second kappa shape index (κ2) is 4.86. The summed E-state index contributed by atoms with van der Waals surface area (Å²) in [7, 11) is 0. The zero-order valence-corrected chi connectivity index (χ0v) is 10.0. The van der Waals surface area contributed by atoms with Crippen LogP contribution in [-0.2, 0) is 0 Å². The molecule has 5 heteroatoms. The third-order valence-corrected chi connectivity index (χ3v) is 3.45. The molecule has 0 atom stereocenters. The molecule has 0 saturated heterocycles. The van der Waals surface area contributed by atoms with E-state index < -0.39 is 0 Å². The normalized spacial score (nSPS) is 16.3. The molecule has 0 unspecified atom stereocenters. The monoisotopic (exact) mass is 251 g/mol. The van der Waals surface area contributed by atoms with Crippen molar-refractivity contribution in [1.29, 1.82) is 0 Å². The Hall–Kier alpha value is -1.75. The summed E-state index contributed by atoms with van der Waals surface area (Å²) in [5, 5.41) is 30.4. The fourth-order valence-electron chi connectivity index (χ4n) is 2.00. The summed E-state index contributed by atoms with van der Waals surface area (Å²) in [5.41, 5.74) is 0.185. The van der Waals surface area contributed by atoms with E-state index in [2.05, 4.69) is 5.32 Å². The van der Waals surface area contributed by atoms with E-state index in [1.54, 1.807) is 0 Å². The minimum absolute atomic E-state index is 0.0386. The average Bonchev–Trinajstić information content (AvgIpc) is 3.07. The van der Waals surface area contributed by atoms with Crippen molar-refractivity contribution in [2.75, 3.05) is 13.2 Å². The van der Waals surface area contributed by atoms with E-state index in [-0.39, 0.29) is 35.0 Å². The van der Waals surface area contributed by atoms with E-state index >= 15 is 0 Å². The van der Waals surface area contributed by atoms with Gasteiger partial charge in [0, 0.05) is 19.2 Å². The highest BCUT2D eigenvalue weighted by Gasteiger charge is 2.41. The van der Waals surface area contributed by atoms with Crippen molar-refractivity contribution in [1.82, 2.24) is 5.32 Å². The van der Waals surface area contributed by atoms with Crippen LogP contribution in [0.25, 0.3) is 0 Å². The summed E-state index contributed by atoms with van der Waals surface area (Å²) in [6.45, 7) is 0.632. The number of carbonyl (C=O) groups is 1. The average molecular weight is 251 g/mol. The molecule has 0 aromatic heterocycles. The maximum Gasteiger partial charge on any atom is 0.255 e. The molecule has 5 nitrogen and oxygen atoms in total. The molecule has 1 aromatic rings. The fraction of sp³-hybridized carbons (Fsp3) is 0.462. The van der Waals surface area contributed by atoms with Crippen LogP contribution >= 0.6 is 0 Å². The maximum atomic E-state index is 11.8. The SMILES string of the molecule is O=C(NCC1(CCO)CC1)c1ccc(O)cc1O. The van der Waals surface area contributed by atoms with E-state index in [0.717, 1.165) is 18.9 Å². The second-order valence-electron chi connectivity index (χ2n) is 4.86. The van der Waals surface area contributed by atoms with Gasteiger partial charge < -0.3 is 20.6 Å². The van der Waals surface area contributed by atoms with Crippen molar-refractivity contribution in [3.05, 3.63) is 23.8 Å². The zero-order chi connectivity index (χ0) is 13.2. The molecule has 0 spiro atoms. The molecule has 0 heterocycles. The van der Waals surface area contributed by atoms with Crippen LogP contribution in [0, 0.1) is 5.41 Å². The third-order valence-electron chi connectivity index (χ3n) is 3.45. The number of aliphatic hydroxyl groups excluding tert-OH is 1. The maximum absolute atomic E-state index is 11.8. The van der Waals surface area contributed by atoms with E-state index in [9.17, 15) is 9.90 Å². The zero-order valence-electron chi connectivity index (χ0n) is 10.0. The Labute approximate surface area is 105 Å². The van der Waals surface area contributed by atoms with Crippen LogP contribution in [0.15, 0.2) is 18.2 Å². The van der Waals surface area contributed by atoms with Gasteiger partial charge in [-0.15, -0.1) is 0 Å². The number of aliphatic hydroxyl groups is 1. The van der Waals surface area contributed by atoms with Crippen molar-refractivity contribution in [2.24, 2.45) is 5.41 Å². The van der Waals surface area contributed by atoms with Crippen LogP contribution < -0.4 is 5.32 Å². The van der Waals surface area contributed by atoms with Crippen molar-refractivity contribution in [2.45, 2.75) is 19.3 Å². The van der Waals surface area contributed by atoms with Crippen molar-refractivity contribution in [3.63, 3.8) is 0 Å². The second-order valence-corrected chi connectivity index (χ2v) is 4.86. The molecule has 1 aromatic carbocycles. The van der Waals surface area contributed by atoms with Gasteiger partial charge in [-0.25, -0.2) is 0 Å². The van der Waals surface area contributed by atoms with Gasteiger partial charge in [0.2, 0.25) is 0 Å².